The van der Waals surface area contributed by atoms with Crippen LogP contribution in [0, 0.1) is 0 Å². The fourth-order valence-corrected chi connectivity index (χ4v) is 7.82. The highest BCUT2D eigenvalue weighted by Gasteiger charge is 2.18. The molecule has 0 bridgehead atoms. The van der Waals surface area contributed by atoms with Gasteiger partial charge in [0, 0.05) is 6.42 Å². The van der Waals surface area contributed by atoms with Gasteiger partial charge in [0.2, 0.25) is 5.91 Å². The Hall–Kier alpha value is -1.13. The van der Waals surface area contributed by atoms with E-state index in [0.29, 0.717) is 6.42 Å². The van der Waals surface area contributed by atoms with Crippen molar-refractivity contribution in [2.45, 2.75) is 289 Å². The molecule has 4 nitrogen and oxygen atoms in total. The lowest BCUT2D eigenvalue weighted by molar-refractivity contribution is -0.123. The summed E-state index contributed by atoms with van der Waals surface area (Å²) in [6.07, 6.45) is 61.7. The Morgan fingerprint density at radius 2 is 0.691 bits per heavy atom. The lowest BCUT2D eigenvalue weighted by Crippen LogP contribution is -2.45. The summed E-state index contributed by atoms with van der Waals surface area (Å²) >= 11 is 0. The minimum absolute atomic E-state index is 0.0652. The van der Waals surface area contributed by atoms with Crippen molar-refractivity contribution in [1.82, 2.24) is 5.32 Å². The van der Waals surface area contributed by atoms with E-state index in [4.69, 9.17) is 0 Å². The van der Waals surface area contributed by atoms with E-state index in [1.54, 1.807) is 6.08 Å². The summed E-state index contributed by atoms with van der Waals surface area (Å²) in [5, 5.41) is 23.1. The van der Waals surface area contributed by atoms with Crippen LogP contribution in [0.4, 0.5) is 0 Å². The van der Waals surface area contributed by atoms with Crippen molar-refractivity contribution in [3.05, 3.63) is 24.3 Å². The standard InChI is InChI=1S/C51H99NO3/c1-3-5-7-9-11-13-15-17-19-21-23-24-25-26-27-28-29-30-32-34-36-38-40-42-44-46-50(54)49(48-53)52-51(55)47-45-43-41-39-37-35-33-31-22-20-18-16-14-12-10-8-6-4-2/h20,22,44,46,49-50,53-54H,3-19,21,23-43,45,47-48H2,1-2H3,(H,52,55)/b22-20-,46-44+. The van der Waals surface area contributed by atoms with Crippen LogP contribution in [0.3, 0.4) is 0 Å². The van der Waals surface area contributed by atoms with Gasteiger partial charge in [0.15, 0.2) is 0 Å². The van der Waals surface area contributed by atoms with Crippen molar-refractivity contribution < 1.29 is 15.0 Å². The summed E-state index contributed by atoms with van der Waals surface area (Å²) < 4.78 is 0. The highest BCUT2D eigenvalue weighted by Crippen LogP contribution is 2.16. The largest absolute Gasteiger partial charge is 0.394 e. The monoisotopic (exact) mass is 774 g/mol. The molecule has 4 heteroatoms. The number of aliphatic hydroxyl groups excluding tert-OH is 2. The Morgan fingerprint density at radius 1 is 0.418 bits per heavy atom. The van der Waals surface area contributed by atoms with Gasteiger partial charge in [0.05, 0.1) is 18.8 Å². The van der Waals surface area contributed by atoms with Gasteiger partial charge in [-0.15, -0.1) is 0 Å². The van der Waals surface area contributed by atoms with Crippen LogP contribution in [0.5, 0.6) is 0 Å². The first-order chi connectivity index (χ1) is 27.2. The molecule has 0 aromatic heterocycles. The van der Waals surface area contributed by atoms with Crippen LogP contribution in [0.2, 0.25) is 0 Å². The second-order valence-corrected chi connectivity index (χ2v) is 17.2. The zero-order valence-electron chi connectivity index (χ0n) is 37.5. The van der Waals surface area contributed by atoms with E-state index >= 15 is 0 Å². The number of aliphatic hydroxyl groups is 2. The highest BCUT2D eigenvalue weighted by atomic mass is 16.3. The van der Waals surface area contributed by atoms with Crippen molar-refractivity contribution in [1.29, 1.82) is 0 Å². The summed E-state index contributed by atoms with van der Waals surface area (Å²) in [6, 6.07) is -0.622. The van der Waals surface area contributed by atoms with Crippen molar-refractivity contribution >= 4 is 5.91 Å². The molecule has 0 aliphatic heterocycles. The first-order valence-electron chi connectivity index (χ1n) is 25.1. The Balaban J connectivity index is 3.50. The zero-order chi connectivity index (χ0) is 40.0. The number of hydrogen-bond acceptors (Lipinski definition) is 3. The molecule has 0 spiro atoms. The maximum absolute atomic E-state index is 12.4. The molecule has 3 N–H and O–H groups in total. The van der Waals surface area contributed by atoms with Crippen LogP contribution in [-0.2, 0) is 4.79 Å². The van der Waals surface area contributed by atoms with Gasteiger partial charge >= 0.3 is 0 Å². The molecule has 0 aliphatic carbocycles. The van der Waals surface area contributed by atoms with Gasteiger partial charge < -0.3 is 15.5 Å². The molecule has 0 heterocycles. The quantitative estimate of drug-likeness (QED) is 0.0426. The number of hydrogen-bond donors (Lipinski definition) is 3. The van der Waals surface area contributed by atoms with Gasteiger partial charge in [-0.05, 0) is 44.9 Å². The minimum atomic E-state index is -0.839. The third-order valence-corrected chi connectivity index (χ3v) is 11.7. The third-order valence-electron chi connectivity index (χ3n) is 11.7. The van der Waals surface area contributed by atoms with Gasteiger partial charge in [-0.25, -0.2) is 0 Å². The van der Waals surface area contributed by atoms with Crippen LogP contribution in [0.25, 0.3) is 0 Å². The smallest absolute Gasteiger partial charge is 0.220 e. The van der Waals surface area contributed by atoms with Crippen molar-refractivity contribution in [2.75, 3.05) is 6.61 Å². The van der Waals surface area contributed by atoms with E-state index in [-0.39, 0.29) is 12.5 Å². The van der Waals surface area contributed by atoms with Crippen LogP contribution in [0.1, 0.15) is 277 Å². The molecule has 0 aromatic carbocycles. The molecule has 55 heavy (non-hydrogen) atoms. The Labute approximate surface area is 345 Å². The molecule has 2 unspecified atom stereocenters. The van der Waals surface area contributed by atoms with E-state index in [0.717, 1.165) is 25.7 Å². The summed E-state index contributed by atoms with van der Waals surface area (Å²) in [4.78, 5) is 12.4. The molecule has 0 radical (unpaired) electrons. The molecule has 0 fully saturated rings. The van der Waals surface area contributed by atoms with Gasteiger partial charge in [-0.2, -0.15) is 0 Å². The number of carbonyl (C=O) groups excluding carboxylic acids is 1. The lowest BCUT2D eigenvalue weighted by atomic mass is 10.0. The Kier molecular flexibility index (Phi) is 46.3. The van der Waals surface area contributed by atoms with E-state index in [1.165, 1.54) is 231 Å². The molecule has 0 saturated heterocycles. The Morgan fingerprint density at radius 3 is 1.00 bits per heavy atom. The fourth-order valence-electron chi connectivity index (χ4n) is 7.82. The SMILES string of the molecule is CCCCCCCCC/C=C\CCCCCCCCCC(=O)NC(CO)C(O)/C=C/CCCCCCCCCCCCCCCCCCCCCCCCC. The van der Waals surface area contributed by atoms with Gasteiger partial charge in [0.1, 0.15) is 0 Å². The number of carbonyl (C=O) groups is 1. The van der Waals surface area contributed by atoms with E-state index in [2.05, 4.69) is 31.3 Å². The second-order valence-electron chi connectivity index (χ2n) is 17.2. The van der Waals surface area contributed by atoms with Gasteiger partial charge in [-0.1, -0.05) is 250 Å². The van der Waals surface area contributed by atoms with Crippen molar-refractivity contribution in [3.63, 3.8) is 0 Å². The van der Waals surface area contributed by atoms with Crippen LogP contribution < -0.4 is 5.32 Å². The molecule has 0 rings (SSSR count). The molecular formula is C51H99NO3. The third kappa shape index (κ3) is 43.8. The first kappa shape index (κ1) is 53.9. The number of unbranched alkanes of at least 4 members (excludes halogenated alkanes) is 37. The second kappa shape index (κ2) is 47.2. The maximum Gasteiger partial charge on any atom is 0.220 e. The fraction of sp³-hybridized carbons (Fsp3) is 0.902. The normalized spacial score (nSPS) is 13.0. The first-order valence-corrected chi connectivity index (χ1v) is 25.1. The molecule has 0 saturated carbocycles. The zero-order valence-corrected chi connectivity index (χ0v) is 37.5. The van der Waals surface area contributed by atoms with Crippen LogP contribution in [-0.4, -0.2) is 34.9 Å². The summed E-state index contributed by atoms with van der Waals surface area (Å²) in [5.74, 6) is -0.0652. The average Bonchev–Trinajstić information content (AvgIpc) is 3.19. The Bertz CT molecular complexity index is 795. The minimum Gasteiger partial charge on any atom is -0.394 e. The summed E-state index contributed by atoms with van der Waals surface area (Å²) in [6.45, 7) is 4.33. The number of allylic oxidation sites excluding steroid dienone is 3. The van der Waals surface area contributed by atoms with Crippen LogP contribution >= 0.6 is 0 Å². The molecule has 1 amide bonds. The highest BCUT2D eigenvalue weighted by molar-refractivity contribution is 5.76. The predicted molar refractivity (Wildman–Crippen MR) is 244 cm³/mol. The number of rotatable bonds is 46. The maximum atomic E-state index is 12.4. The van der Waals surface area contributed by atoms with Crippen molar-refractivity contribution in [2.24, 2.45) is 0 Å². The molecule has 0 aromatic rings. The summed E-state index contributed by atoms with van der Waals surface area (Å²) in [5.41, 5.74) is 0. The predicted octanol–water partition coefficient (Wildman–Crippen LogP) is 16.0. The van der Waals surface area contributed by atoms with Gasteiger partial charge in [0.25, 0.3) is 0 Å². The van der Waals surface area contributed by atoms with Gasteiger partial charge in [-0.3, -0.25) is 4.79 Å². The summed E-state index contributed by atoms with van der Waals surface area (Å²) in [7, 11) is 0. The lowest BCUT2D eigenvalue weighted by Gasteiger charge is -2.20. The molecule has 2 atom stereocenters. The molecule has 326 valence electrons. The van der Waals surface area contributed by atoms with E-state index in [9.17, 15) is 15.0 Å². The number of amides is 1. The van der Waals surface area contributed by atoms with E-state index in [1.807, 2.05) is 6.08 Å². The molecular weight excluding hydrogens is 675 g/mol. The number of nitrogens with one attached hydrogen (secondary N) is 1. The van der Waals surface area contributed by atoms with E-state index < -0.39 is 12.1 Å². The topological polar surface area (TPSA) is 69.6 Å². The molecule has 0 aliphatic rings. The van der Waals surface area contributed by atoms with Crippen LogP contribution in [0.15, 0.2) is 24.3 Å². The van der Waals surface area contributed by atoms with Crippen molar-refractivity contribution in [3.8, 4) is 0 Å². The average molecular weight is 774 g/mol.